The zero-order valence-corrected chi connectivity index (χ0v) is 14.1. The van der Waals surface area contributed by atoms with E-state index in [1.807, 2.05) is 0 Å². The van der Waals surface area contributed by atoms with Crippen molar-refractivity contribution >= 4 is 9.84 Å². The standard InChI is InChI=1S/C18H21NO4S/c20-12-11-19-10-9-14(13-19)18-16(21)7-4-8-17(18)24(22,23)15-5-2-1-3-6-15/h1-8,14,20-21H,9-13H2. The molecule has 6 heteroatoms. The van der Waals surface area contributed by atoms with Gasteiger partial charge >= 0.3 is 0 Å². The number of aromatic hydroxyl groups is 1. The number of hydrogen-bond acceptors (Lipinski definition) is 5. The molecule has 1 aliphatic heterocycles. The van der Waals surface area contributed by atoms with E-state index in [0.717, 1.165) is 13.0 Å². The summed E-state index contributed by atoms with van der Waals surface area (Å²) in [6, 6.07) is 12.9. The molecule has 1 unspecified atom stereocenters. The van der Waals surface area contributed by atoms with Crippen molar-refractivity contribution in [3.63, 3.8) is 0 Å². The summed E-state index contributed by atoms with van der Waals surface area (Å²) in [5.41, 5.74) is 0.488. The van der Waals surface area contributed by atoms with Crippen LogP contribution in [0.3, 0.4) is 0 Å². The molecule has 0 aliphatic carbocycles. The molecule has 0 spiro atoms. The van der Waals surface area contributed by atoms with E-state index in [9.17, 15) is 13.5 Å². The van der Waals surface area contributed by atoms with Crippen molar-refractivity contribution in [2.45, 2.75) is 22.1 Å². The first-order valence-corrected chi connectivity index (χ1v) is 9.47. The van der Waals surface area contributed by atoms with Crippen LogP contribution in [0, 0.1) is 0 Å². The smallest absolute Gasteiger partial charge is 0.207 e. The van der Waals surface area contributed by atoms with Crippen molar-refractivity contribution in [1.82, 2.24) is 4.90 Å². The van der Waals surface area contributed by atoms with Gasteiger partial charge in [0.1, 0.15) is 5.75 Å². The maximum atomic E-state index is 13.0. The molecular weight excluding hydrogens is 326 g/mol. The lowest BCUT2D eigenvalue weighted by Crippen LogP contribution is -2.24. The third kappa shape index (κ3) is 3.17. The fraction of sp³-hybridized carbons (Fsp3) is 0.333. The van der Waals surface area contributed by atoms with Gasteiger partial charge < -0.3 is 15.1 Å². The molecular formula is C18H21NO4S. The predicted molar refractivity (Wildman–Crippen MR) is 90.9 cm³/mol. The number of aliphatic hydroxyl groups excluding tert-OH is 1. The van der Waals surface area contributed by atoms with Crippen molar-refractivity contribution in [2.75, 3.05) is 26.2 Å². The summed E-state index contributed by atoms with van der Waals surface area (Å²) in [5, 5.41) is 19.4. The largest absolute Gasteiger partial charge is 0.508 e. The number of phenolic OH excluding ortho intramolecular Hbond substituents is 1. The van der Waals surface area contributed by atoms with Gasteiger partial charge in [0.2, 0.25) is 9.84 Å². The lowest BCUT2D eigenvalue weighted by molar-refractivity contribution is 0.220. The van der Waals surface area contributed by atoms with E-state index in [0.29, 0.717) is 18.7 Å². The number of likely N-dealkylation sites (tertiary alicyclic amines) is 1. The van der Waals surface area contributed by atoms with E-state index < -0.39 is 9.84 Å². The number of sulfone groups is 1. The predicted octanol–water partition coefficient (Wildman–Crippen LogP) is 2.01. The minimum Gasteiger partial charge on any atom is -0.508 e. The van der Waals surface area contributed by atoms with Crippen LogP contribution >= 0.6 is 0 Å². The Kier molecular flexibility index (Phi) is 4.89. The van der Waals surface area contributed by atoms with Crippen molar-refractivity contribution in [2.24, 2.45) is 0 Å². The number of aliphatic hydroxyl groups is 1. The third-order valence-electron chi connectivity index (χ3n) is 4.48. The van der Waals surface area contributed by atoms with E-state index in [2.05, 4.69) is 4.90 Å². The molecule has 0 amide bonds. The minimum absolute atomic E-state index is 0.0165. The summed E-state index contributed by atoms with van der Waals surface area (Å²) in [4.78, 5) is 2.47. The Hall–Kier alpha value is -1.89. The zero-order chi connectivity index (χ0) is 17.2. The molecule has 128 valence electrons. The summed E-state index contributed by atoms with van der Waals surface area (Å²) in [7, 11) is -3.69. The monoisotopic (exact) mass is 347 g/mol. The number of rotatable bonds is 5. The van der Waals surface area contributed by atoms with Gasteiger partial charge in [-0.05, 0) is 37.2 Å². The van der Waals surface area contributed by atoms with Gasteiger partial charge in [-0.2, -0.15) is 0 Å². The SMILES string of the molecule is O=S(=O)(c1ccccc1)c1cccc(O)c1C1CCN(CCO)C1. The highest BCUT2D eigenvalue weighted by molar-refractivity contribution is 7.91. The third-order valence-corrected chi connectivity index (χ3v) is 6.31. The van der Waals surface area contributed by atoms with Crippen LogP contribution in [-0.4, -0.2) is 49.8 Å². The Morgan fingerprint density at radius 1 is 1.08 bits per heavy atom. The van der Waals surface area contributed by atoms with Crippen LogP contribution in [0.1, 0.15) is 17.9 Å². The second-order valence-electron chi connectivity index (χ2n) is 6.02. The fourth-order valence-corrected chi connectivity index (χ4v) is 4.90. The van der Waals surface area contributed by atoms with E-state index >= 15 is 0 Å². The number of hydrogen-bond donors (Lipinski definition) is 2. The summed E-state index contributed by atoms with van der Waals surface area (Å²) in [6.07, 6.45) is 0.759. The topological polar surface area (TPSA) is 77.8 Å². The lowest BCUT2D eigenvalue weighted by atomic mass is 9.97. The quantitative estimate of drug-likeness (QED) is 0.865. The van der Waals surface area contributed by atoms with Gasteiger partial charge in [-0.25, -0.2) is 8.42 Å². The number of β-amino-alcohol motifs (C(OH)–C–C–N with tert-alkyl or cyclic N) is 1. The molecule has 1 heterocycles. The van der Waals surface area contributed by atoms with Gasteiger partial charge in [-0.15, -0.1) is 0 Å². The molecule has 24 heavy (non-hydrogen) atoms. The Balaban J connectivity index is 2.03. The van der Waals surface area contributed by atoms with Gasteiger partial charge in [-0.1, -0.05) is 24.3 Å². The molecule has 0 bridgehead atoms. The zero-order valence-electron chi connectivity index (χ0n) is 13.3. The molecule has 0 saturated carbocycles. The van der Waals surface area contributed by atoms with Gasteiger partial charge in [0, 0.05) is 24.6 Å². The highest BCUT2D eigenvalue weighted by Gasteiger charge is 2.31. The first-order chi connectivity index (χ1) is 11.5. The molecule has 3 rings (SSSR count). The summed E-state index contributed by atoms with van der Waals surface area (Å²) in [6.45, 7) is 2.05. The molecule has 2 aromatic carbocycles. The van der Waals surface area contributed by atoms with Crippen molar-refractivity contribution in [1.29, 1.82) is 0 Å². The molecule has 2 aromatic rings. The van der Waals surface area contributed by atoms with Crippen molar-refractivity contribution < 1.29 is 18.6 Å². The summed E-state index contributed by atoms with van der Waals surface area (Å²) < 4.78 is 26.0. The average Bonchev–Trinajstić information content (AvgIpc) is 3.04. The second-order valence-corrected chi connectivity index (χ2v) is 7.93. The molecule has 1 fully saturated rings. The normalized spacial score (nSPS) is 18.8. The highest BCUT2D eigenvalue weighted by atomic mass is 32.2. The minimum atomic E-state index is -3.69. The Labute approximate surface area is 142 Å². The second kappa shape index (κ2) is 6.93. The molecule has 5 nitrogen and oxygen atoms in total. The van der Waals surface area contributed by atoms with Crippen LogP contribution in [0.5, 0.6) is 5.75 Å². The molecule has 2 N–H and O–H groups in total. The van der Waals surface area contributed by atoms with E-state index in [4.69, 9.17) is 5.11 Å². The Bertz CT molecular complexity index is 805. The van der Waals surface area contributed by atoms with E-state index in [1.165, 1.54) is 6.07 Å². The lowest BCUT2D eigenvalue weighted by Gasteiger charge is -2.18. The molecule has 1 atom stereocenters. The molecule has 1 aliphatic rings. The van der Waals surface area contributed by atoms with Gasteiger partial charge in [0.15, 0.2) is 0 Å². The van der Waals surface area contributed by atoms with Crippen LogP contribution in [0.2, 0.25) is 0 Å². The van der Waals surface area contributed by atoms with Gasteiger partial charge in [0.25, 0.3) is 0 Å². The maximum absolute atomic E-state index is 13.0. The van der Waals surface area contributed by atoms with Crippen LogP contribution in [0.15, 0.2) is 58.3 Å². The molecule has 0 aromatic heterocycles. The van der Waals surface area contributed by atoms with E-state index in [1.54, 1.807) is 42.5 Å². The van der Waals surface area contributed by atoms with Crippen molar-refractivity contribution in [3.05, 3.63) is 54.1 Å². The average molecular weight is 347 g/mol. The number of nitrogens with zero attached hydrogens (tertiary/aromatic N) is 1. The van der Waals surface area contributed by atoms with Gasteiger partial charge in [-0.3, -0.25) is 0 Å². The molecule has 1 saturated heterocycles. The Morgan fingerprint density at radius 3 is 2.54 bits per heavy atom. The van der Waals surface area contributed by atoms with E-state index in [-0.39, 0.29) is 28.1 Å². The van der Waals surface area contributed by atoms with Crippen LogP contribution in [-0.2, 0) is 9.84 Å². The highest BCUT2D eigenvalue weighted by Crippen LogP contribution is 2.39. The Morgan fingerprint density at radius 2 is 1.83 bits per heavy atom. The van der Waals surface area contributed by atoms with Crippen molar-refractivity contribution in [3.8, 4) is 5.75 Å². The summed E-state index contributed by atoms with van der Waals surface area (Å²) >= 11 is 0. The maximum Gasteiger partial charge on any atom is 0.207 e. The van der Waals surface area contributed by atoms with Crippen LogP contribution < -0.4 is 0 Å². The fourth-order valence-electron chi connectivity index (χ4n) is 3.32. The van der Waals surface area contributed by atoms with Crippen LogP contribution in [0.25, 0.3) is 0 Å². The van der Waals surface area contributed by atoms with Gasteiger partial charge in [0.05, 0.1) is 16.4 Å². The first-order valence-electron chi connectivity index (χ1n) is 7.99. The van der Waals surface area contributed by atoms with Crippen LogP contribution in [0.4, 0.5) is 0 Å². The number of benzene rings is 2. The summed E-state index contributed by atoms with van der Waals surface area (Å²) in [5.74, 6) is -0.0471. The first kappa shape index (κ1) is 17.0. The molecule has 0 radical (unpaired) electrons. The number of phenols is 1.